The first-order valence-electron chi connectivity index (χ1n) is 14.6. The van der Waals surface area contributed by atoms with Gasteiger partial charge in [-0.05, 0) is 50.2 Å². The van der Waals surface area contributed by atoms with Gasteiger partial charge in [-0.3, -0.25) is 9.69 Å². The number of aromatic nitrogens is 2. The number of piperazine rings is 1. The van der Waals surface area contributed by atoms with E-state index in [0.29, 0.717) is 28.8 Å². The maximum Gasteiger partial charge on any atom is 0.269 e. The minimum Gasteiger partial charge on any atom is -0.493 e. The minimum absolute atomic E-state index is 0.112. The number of amides is 1. The highest BCUT2D eigenvalue weighted by atomic mass is 32.2. The van der Waals surface area contributed by atoms with E-state index in [1.165, 1.54) is 36.5 Å². The topological polar surface area (TPSA) is 97.2 Å². The van der Waals surface area contributed by atoms with Crippen molar-refractivity contribution in [2.24, 2.45) is 0 Å². The van der Waals surface area contributed by atoms with Crippen molar-refractivity contribution in [3.8, 4) is 11.5 Å². The Morgan fingerprint density at radius 1 is 0.956 bits per heavy atom. The summed E-state index contributed by atoms with van der Waals surface area (Å²) < 4.78 is 71.0. The number of pyridine rings is 1. The zero-order valence-corrected chi connectivity index (χ0v) is 26.6. The van der Waals surface area contributed by atoms with Crippen molar-refractivity contribution in [2.75, 3.05) is 52.3 Å². The molecule has 2 aliphatic rings. The van der Waals surface area contributed by atoms with Gasteiger partial charge in [-0.1, -0.05) is 18.2 Å². The molecule has 4 heterocycles. The van der Waals surface area contributed by atoms with Crippen LogP contribution in [-0.4, -0.2) is 80.5 Å². The first-order chi connectivity index (χ1) is 21.4. The lowest BCUT2D eigenvalue weighted by atomic mass is 9.76. The first-order valence-corrected chi connectivity index (χ1v) is 16.0. The van der Waals surface area contributed by atoms with Crippen LogP contribution in [0.15, 0.2) is 53.6 Å². The molecule has 1 fully saturated rings. The van der Waals surface area contributed by atoms with E-state index in [1.807, 2.05) is 7.05 Å². The molecular formula is C32H35F2N5O5S. The fourth-order valence-corrected chi connectivity index (χ4v) is 7.87. The normalized spacial score (nSPS) is 17.5. The fraction of sp³-hybridized carbons (Fsp3) is 0.375. The molecule has 13 heteroatoms. The summed E-state index contributed by atoms with van der Waals surface area (Å²) in [6, 6.07) is 11.0. The number of nitrogens with zero attached hydrogens (tertiary/aromatic N) is 5. The van der Waals surface area contributed by atoms with Gasteiger partial charge in [-0.25, -0.2) is 26.2 Å². The highest BCUT2D eigenvalue weighted by molar-refractivity contribution is 7.90. The molecule has 0 spiro atoms. The Balaban J connectivity index is 1.54. The number of methoxy groups -OCH3 is 2. The second-order valence-electron chi connectivity index (χ2n) is 12.0. The second kappa shape index (κ2) is 11.4. The lowest BCUT2D eigenvalue weighted by Crippen LogP contribution is -2.48. The maximum absolute atomic E-state index is 15.6. The highest BCUT2D eigenvalue weighted by Gasteiger charge is 2.45. The lowest BCUT2D eigenvalue weighted by molar-refractivity contribution is -0.123. The Morgan fingerprint density at radius 2 is 1.58 bits per heavy atom. The van der Waals surface area contributed by atoms with Gasteiger partial charge in [-0.15, -0.1) is 0 Å². The quantitative estimate of drug-likeness (QED) is 0.298. The average Bonchev–Trinajstić information content (AvgIpc) is 3.39. The zero-order valence-electron chi connectivity index (χ0n) is 25.8. The first kappa shape index (κ1) is 30.9. The largest absolute Gasteiger partial charge is 0.493 e. The summed E-state index contributed by atoms with van der Waals surface area (Å²) >= 11 is 0. The number of ether oxygens (including phenoxy) is 2. The van der Waals surface area contributed by atoms with Crippen molar-refractivity contribution < 1.29 is 31.5 Å². The second-order valence-corrected chi connectivity index (χ2v) is 13.8. The van der Waals surface area contributed by atoms with E-state index in [2.05, 4.69) is 14.8 Å². The monoisotopic (exact) mass is 639 g/mol. The van der Waals surface area contributed by atoms with E-state index >= 15 is 8.78 Å². The van der Waals surface area contributed by atoms with Gasteiger partial charge in [0, 0.05) is 50.4 Å². The number of likely N-dealkylation sites (N-methyl/N-ethyl adjacent to an activating group) is 1. The summed E-state index contributed by atoms with van der Waals surface area (Å²) in [6.07, 6.45) is 1.49. The molecule has 238 valence electrons. The average molecular weight is 640 g/mol. The van der Waals surface area contributed by atoms with Crippen molar-refractivity contribution >= 4 is 32.7 Å². The predicted octanol–water partition coefficient (Wildman–Crippen LogP) is 4.14. The van der Waals surface area contributed by atoms with Gasteiger partial charge in [0.25, 0.3) is 10.0 Å². The number of carbonyl (C=O) groups excluding carboxylic acids is 1. The van der Waals surface area contributed by atoms with E-state index < -0.39 is 38.7 Å². The molecule has 6 rings (SSSR count). The van der Waals surface area contributed by atoms with Gasteiger partial charge in [-0.2, -0.15) is 0 Å². The summed E-state index contributed by atoms with van der Waals surface area (Å²) in [5.74, 6) is -3.19. The molecule has 45 heavy (non-hydrogen) atoms. The van der Waals surface area contributed by atoms with E-state index in [9.17, 15) is 13.2 Å². The molecule has 4 aromatic rings. The molecule has 0 unspecified atom stereocenters. The number of rotatable bonds is 7. The van der Waals surface area contributed by atoms with Crippen LogP contribution in [0.2, 0.25) is 0 Å². The number of hydrogen-bond acceptors (Lipinski definition) is 8. The molecule has 0 atom stereocenters. The van der Waals surface area contributed by atoms with Crippen LogP contribution >= 0.6 is 0 Å². The van der Waals surface area contributed by atoms with Crippen molar-refractivity contribution in [3.63, 3.8) is 0 Å². The molecule has 0 bridgehead atoms. The molecule has 1 saturated heterocycles. The fourth-order valence-electron chi connectivity index (χ4n) is 6.36. The minimum atomic E-state index is -4.08. The van der Waals surface area contributed by atoms with Crippen LogP contribution < -0.4 is 14.4 Å². The van der Waals surface area contributed by atoms with Crippen LogP contribution in [0.25, 0.3) is 11.0 Å². The van der Waals surface area contributed by atoms with Crippen molar-refractivity contribution in [1.29, 1.82) is 0 Å². The van der Waals surface area contributed by atoms with Gasteiger partial charge >= 0.3 is 0 Å². The standard InChI is InChI=1S/C32H35F2N5O5S/c1-32(2)26-20(18-38(31(32)40)29-27(33)24(43-4)16-25(44-5)28(29)34)17-35-30-23(26)15-21(19-37-13-11-36(3)12-14-37)39(30)45(41,42)22-9-7-6-8-10-22/h6-10,15-17H,11-14,18-19H2,1-5H3. The number of benzene rings is 2. The Labute approximate surface area is 260 Å². The highest BCUT2D eigenvalue weighted by Crippen LogP contribution is 2.45. The number of anilines is 1. The van der Waals surface area contributed by atoms with E-state index in [4.69, 9.17) is 9.47 Å². The third-order valence-corrected chi connectivity index (χ3v) is 10.5. The molecule has 0 N–H and O–H groups in total. The molecule has 0 radical (unpaired) electrons. The van der Waals surface area contributed by atoms with Gasteiger partial charge < -0.3 is 19.3 Å². The van der Waals surface area contributed by atoms with Gasteiger partial charge in [0.15, 0.2) is 28.8 Å². The summed E-state index contributed by atoms with van der Waals surface area (Å²) in [4.78, 5) is 24.3. The van der Waals surface area contributed by atoms with Crippen molar-refractivity contribution in [1.82, 2.24) is 18.8 Å². The summed E-state index contributed by atoms with van der Waals surface area (Å²) in [6.45, 7) is 6.69. The van der Waals surface area contributed by atoms with Crippen LogP contribution in [0, 0.1) is 11.6 Å². The number of halogens is 2. The number of carbonyl (C=O) groups is 1. The Bertz CT molecular complexity index is 1880. The Hall–Kier alpha value is -4.07. The van der Waals surface area contributed by atoms with Crippen LogP contribution in [0.5, 0.6) is 11.5 Å². The zero-order chi connectivity index (χ0) is 32.3. The molecular weight excluding hydrogens is 604 g/mol. The molecule has 0 saturated carbocycles. The van der Waals surface area contributed by atoms with Crippen LogP contribution in [0.3, 0.4) is 0 Å². The maximum atomic E-state index is 15.6. The van der Waals surface area contributed by atoms with E-state index in [0.717, 1.165) is 37.1 Å². The van der Waals surface area contributed by atoms with Crippen LogP contribution in [0.4, 0.5) is 14.5 Å². The van der Waals surface area contributed by atoms with Gasteiger partial charge in [0.2, 0.25) is 5.91 Å². The van der Waals surface area contributed by atoms with Crippen LogP contribution in [0.1, 0.15) is 30.7 Å². The SMILES string of the molecule is COc1cc(OC)c(F)c(N2Cc3cnc4c(cc(CN5CCN(C)CC5)n4S(=O)(=O)c4ccccc4)c3C(C)(C)C2=O)c1F. The summed E-state index contributed by atoms with van der Waals surface area (Å²) in [5.41, 5.74) is -0.108. The molecule has 2 aromatic heterocycles. The smallest absolute Gasteiger partial charge is 0.269 e. The molecule has 1 amide bonds. The predicted molar refractivity (Wildman–Crippen MR) is 165 cm³/mol. The van der Waals surface area contributed by atoms with Crippen molar-refractivity contribution in [2.45, 2.75) is 37.2 Å². The third-order valence-electron chi connectivity index (χ3n) is 8.75. The summed E-state index contributed by atoms with van der Waals surface area (Å²) in [7, 11) is 0.453. The third kappa shape index (κ3) is 5.02. The van der Waals surface area contributed by atoms with Gasteiger partial charge in [0.05, 0.1) is 36.8 Å². The Morgan fingerprint density at radius 3 is 2.18 bits per heavy atom. The Kier molecular flexibility index (Phi) is 7.82. The number of fused-ring (bicyclic) bond motifs is 3. The van der Waals surface area contributed by atoms with Crippen molar-refractivity contribution in [3.05, 3.63) is 77.1 Å². The summed E-state index contributed by atoms with van der Waals surface area (Å²) in [5, 5.41) is 0.498. The molecule has 0 aliphatic carbocycles. The lowest BCUT2D eigenvalue weighted by Gasteiger charge is -2.39. The van der Waals surface area contributed by atoms with E-state index in [1.54, 1.807) is 38.1 Å². The van der Waals surface area contributed by atoms with Crippen LogP contribution in [-0.2, 0) is 33.3 Å². The van der Waals surface area contributed by atoms with E-state index in [-0.39, 0.29) is 28.6 Å². The molecule has 2 aromatic carbocycles. The molecule has 10 nitrogen and oxygen atoms in total. The molecule has 2 aliphatic heterocycles. The number of hydrogen-bond donors (Lipinski definition) is 0. The van der Waals surface area contributed by atoms with Gasteiger partial charge in [0.1, 0.15) is 5.69 Å².